The van der Waals surface area contributed by atoms with Gasteiger partial charge in [-0.1, -0.05) is 30.3 Å². The molecule has 0 bridgehead atoms. The molecule has 0 radical (unpaired) electrons. The van der Waals surface area contributed by atoms with Gasteiger partial charge in [-0.15, -0.1) is 0 Å². The first-order valence-corrected chi connectivity index (χ1v) is 6.87. The Hall–Kier alpha value is -1.13. The zero-order valence-electron chi connectivity index (χ0n) is 10.7. The van der Waals surface area contributed by atoms with Crippen LogP contribution >= 0.6 is 15.9 Å². The molecule has 0 amide bonds. The molecule has 0 spiro atoms. The van der Waals surface area contributed by atoms with Crippen LogP contribution in [0.5, 0.6) is 0 Å². The van der Waals surface area contributed by atoms with Gasteiger partial charge in [0.1, 0.15) is 0 Å². The van der Waals surface area contributed by atoms with Crippen LogP contribution in [0.3, 0.4) is 0 Å². The number of nitrogens with one attached hydrogen (secondary N) is 1. The number of hydrogen-bond donors (Lipinski definition) is 1. The minimum absolute atomic E-state index is 0.461. The molecule has 0 aliphatic rings. The summed E-state index contributed by atoms with van der Waals surface area (Å²) < 4.78 is 3.03. The average molecular weight is 308 g/mol. The maximum Gasteiger partial charge on any atom is 0.0635 e. The van der Waals surface area contributed by atoms with E-state index in [0.717, 1.165) is 17.4 Å². The van der Waals surface area contributed by atoms with Gasteiger partial charge < -0.3 is 5.32 Å². The van der Waals surface area contributed by atoms with E-state index in [1.807, 2.05) is 25.0 Å². The first kappa shape index (κ1) is 13.3. The van der Waals surface area contributed by atoms with Gasteiger partial charge in [0.25, 0.3) is 0 Å². The molecule has 2 aromatic rings. The van der Waals surface area contributed by atoms with Crippen LogP contribution in [-0.2, 0) is 13.5 Å². The molecule has 0 saturated carbocycles. The molecular weight excluding hydrogens is 290 g/mol. The Morgan fingerprint density at radius 3 is 2.61 bits per heavy atom. The third kappa shape index (κ3) is 3.00. The number of halogens is 1. The second-order valence-electron chi connectivity index (χ2n) is 4.43. The minimum Gasteiger partial charge on any atom is -0.319 e. The lowest BCUT2D eigenvalue weighted by atomic mass is 9.94. The van der Waals surface area contributed by atoms with Crippen molar-refractivity contribution in [3.63, 3.8) is 0 Å². The molecule has 1 aromatic carbocycles. The van der Waals surface area contributed by atoms with Gasteiger partial charge in [-0.2, -0.15) is 5.10 Å². The van der Waals surface area contributed by atoms with Crippen molar-refractivity contribution in [2.75, 3.05) is 13.6 Å². The first-order valence-electron chi connectivity index (χ1n) is 6.08. The Morgan fingerprint density at radius 1 is 1.33 bits per heavy atom. The number of aromatic nitrogens is 2. The number of hydrogen-bond acceptors (Lipinski definition) is 2. The van der Waals surface area contributed by atoms with Crippen LogP contribution in [0.1, 0.15) is 17.2 Å². The maximum atomic E-state index is 4.27. The lowest BCUT2D eigenvalue weighted by molar-refractivity contribution is 0.590. The van der Waals surface area contributed by atoms with Crippen molar-refractivity contribution >= 4 is 15.9 Å². The summed E-state index contributed by atoms with van der Waals surface area (Å²) in [5, 5.41) is 7.55. The molecule has 3 nitrogen and oxygen atoms in total. The Bertz CT molecular complexity index is 473. The van der Waals surface area contributed by atoms with Crippen molar-refractivity contribution in [3.05, 3.63) is 52.3 Å². The van der Waals surface area contributed by atoms with Crippen LogP contribution in [0.15, 0.2) is 41.0 Å². The van der Waals surface area contributed by atoms with Gasteiger partial charge in [-0.3, -0.25) is 4.68 Å². The third-order valence-corrected chi connectivity index (χ3v) is 3.83. The Balaban J connectivity index is 2.22. The van der Waals surface area contributed by atoms with Crippen molar-refractivity contribution in [1.29, 1.82) is 0 Å². The number of aryl methyl sites for hydroxylation is 1. The van der Waals surface area contributed by atoms with E-state index in [0.29, 0.717) is 5.92 Å². The molecule has 1 unspecified atom stereocenters. The van der Waals surface area contributed by atoms with Crippen LogP contribution in [0.2, 0.25) is 0 Å². The standard InChI is InChI=1S/C14H18BrN3/c1-16-9-12(11-6-4-3-5-7-11)8-14-13(15)10-17-18(14)2/h3-7,10,12,16H,8-9H2,1-2H3. The van der Waals surface area contributed by atoms with E-state index in [-0.39, 0.29) is 0 Å². The van der Waals surface area contributed by atoms with E-state index in [9.17, 15) is 0 Å². The molecule has 0 saturated heterocycles. The van der Waals surface area contributed by atoms with E-state index < -0.39 is 0 Å². The summed E-state index contributed by atoms with van der Waals surface area (Å²) in [6, 6.07) is 10.6. The van der Waals surface area contributed by atoms with Crippen molar-refractivity contribution in [1.82, 2.24) is 15.1 Å². The van der Waals surface area contributed by atoms with E-state index in [1.54, 1.807) is 0 Å². The zero-order chi connectivity index (χ0) is 13.0. The van der Waals surface area contributed by atoms with E-state index in [2.05, 4.69) is 56.7 Å². The van der Waals surface area contributed by atoms with E-state index >= 15 is 0 Å². The van der Waals surface area contributed by atoms with Crippen LogP contribution in [0.25, 0.3) is 0 Å². The summed E-state index contributed by atoms with van der Waals surface area (Å²) in [6.07, 6.45) is 2.83. The second-order valence-corrected chi connectivity index (χ2v) is 5.29. The fourth-order valence-electron chi connectivity index (χ4n) is 2.18. The van der Waals surface area contributed by atoms with Gasteiger partial charge in [0.2, 0.25) is 0 Å². The van der Waals surface area contributed by atoms with Crippen LogP contribution in [0, 0.1) is 0 Å². The van der Waals surface area contributed by atoms with E-state index in [1.165, 1.54) is 11.3 Å². The van der Waals surface area contributed by atoms with Gasteiger partial charge >= 0.3 is 0 Å². The highest BCUT2D eigenvalue weighted by atomic mass is 79.9. The molecule has 1 atom stereocenters. The number of nitrogens with zero attached hydrogens (tertiary/aromatic N) is 2. The molecular formula is C14H18BrN3. The zero-order valence-corrected chi connectivity index (χ0v) is 12.3. The number of benzene rings is 1. The fourth-order valence-corrected chi connectivity index (χ4v) is 2.69. The largest absolute Gasteiger partial charge is 0.319 e. The lowest BCUT2D eigenvalue weighted by Crippen LogP contribution is -2.20. The van der Waals surface area contributed by atoms with Crippen molar-refractivity contribution in [2.45, 2.75) is 12.3 Å². The molecule has 1 aromatic heterocycles. The Kier molecular flexibility index (Phi) is 4.55. The van der Waals surface area contributed by atoms with Crippen molar-refractivity contribution in [2.24, 2.45) is 7.05 Å². The maximum absolute atomic E-state index is 4.27. The molecule has 96 valence electrons. The SMILES string of the molecule is CNCC(Cc1c(Br)cnn1C)c1ccccc1. The molecule has 0 aliphatic carbocycles. The molecule has 2 rings (SSSR count). The smallest absolute Gasteiger partial charge is 0.0635 e. The van der Waals surface area contributed by atoms with Gasteiger partial charge in [0.05, 0.1) is 16.4 Å². The predicted octanol–water partition coefficient (Wildman–Crippen LogP) is 2.73. The first-order chi connectivity index (χ1) is 8.72. The third-order valence-electron chi connectivity index (χ3n) is 3.17. The summed E-state index contributed by atoms with van der Waals surface area (Å²) in [6.45, 7) is 0.960. The van der Waals surface area contributed by atoms with Gasteiger partial charge in [0.15, 0.2) is 0 Å². The van der Waals surface area contributed by atoms with Gasteiger partial charge in [0, 0.05) is 19.5 Å². The number of likely N-dealkylation sites (N-methyl/N-ethyl adjacent to an activating group) is 1. The Labute approximate surface area is 116 Å². The molecule has 0 fully saturated rings. The summed E-state index contributed by atoms with van der Waals surface area (Å²) in [4.78, 5) is 0. The second kappa shape index (κ2) is 6.16. The van der Waals surface area contributed by atoms with Crippen molar-refractivity contribution < 1.29 is 0 Å². The number of rotatable bonds is 5. The fraction of sp³-hybridized carbons (Fsp3) is 0.357. The predicted molar refractivity (Wildman–Crippen MR) is 77.7 cm³/mol. The van der Waals surface area contributed by atoms with Crippen LogP contribution in [-0.4, -0.2) is 23.4 Å². The van der Waals surface area contributed by atoms with Crippen LogP contribution < -0.4 is 5.32 Å². The average Bonchev–Trinajstić information content (AvgIpc) is 2.71. The normalized spacial score (nSPS) is 12.6. The molecule has 1 heterocycles. The van der Waals surface area contributed by atoms with Gasteiger partial charge in [-0.05, 0) is 35.0 Å². The summed E-state index contributed by atoms with van der Waals surface area (Å²) in [5.41, 5.74) is 2.60. The highest BCUT2D eigenvalue weighted by Gasteiger charge is 2.15. The quantitative estimate of drug-likeness (QED) is 0.920. The molecule has 4 heteroatoms. The summed E-state index contributed by atoms with van der Waals surface area (Å²) in [5.74, 6) is 0.461. The summed E-state index contributed by atoms with van der Waals surface area (Å²) in [7, 11) is 3.98. The highest BCUT2D eigenvalue weighted by Crippen LogP contribution is 2.24. The highest BCUT2D eigenvalue weighted by molar-refractivity contribution is 9.10. The summed E-state index contributed by atoms with van der Waals surface area (Å²) >= 11 is 3.57. The van der Waals surface area contributed by atoms with E-state index in [4.69, 9.17) is 0 Å². The molecule has 1 N–H and O–H groups in total. The molecule has 18 heavy (non-hydrogen) atoms. The van der Waals surface area contributed by atoms with Gasteiger partial charge in [-0.25, -0.2) is 0 Å². The molecule has 0 aliphatic heterocycles. The van der Waals surface area contributed by atoms with Crippen LogP contribution in [0.4, 0.5) is 0 Å². The topological polar surface area (TPSA) is 29.9 Å². The van der Waals surface area contributed by atoms with Crippen molar-refractivity contribution in [3.8, 4) is 0 Å². The Morgan fingerprint density at radius 2 is 2.06 bits per heavy atom. The monoisotopic (exact) mass is 307 g/mol. The lowest BCUT2D eigenvalue weighted by Gasteiger charge is -2.17. The minimum atomic E-state index is 0.461.